The van der Waals surface area contributed by atoms with Crippen molar-refractivity contribution in [2.75, 3.05) is 26.3 Å². The molecule has 1 N–H and O–H groups in total. The van der Waals surface area contributed by atoms with E-state index in [1.165, 1.54) is 19.3 Å². The van der Waals surface area contributed by atoms with Crippen LogP contribution in [-0.4, -0.2) is 66.2 Å². The zero-order valence-electron chi connectivity index (χ0n) is 16.5. The zero-order valence-corrected chi connectivity index (χ0v) is 16.5. The first-order chi connectivity index (χ1) is 13.2. The van der Waals surface area contributed by atoms with Crippen molar-refractivity contribution in [3.8, 4) is 0 Å². The maximum atomic E-state index is 13.1. The first-order valence-corrected chi connectivity index (χ1v) is 11.2. The van der Waals surface area contributed by atoms with Crippen molar-refractivity contribution in [2.24, 2.45) is 5.92 Å². The molecule has 1 atom stereocenters. The van der Waals surface area contributed by atoms with Crippen molar-refractivity contribution < 1.29 is 14.3 Å². The van der Waals surface area contributed by atoms with Crippen molar-refractivity contribution in [3.63, 3.8) is 0 Å². The predicted molar refractivity (Wildman–Crippen MR) is 103 cm³/mol. The van der Waals surface area contributed by atoms with Gasteiger partial charge in [-0.25, -0.2) is 4.79 Å². The molecule has 0 aromatic heterocycles. The molecule has 3 amide bonds. The minimum Gasteiger partial charge on any atom is -0.381 e. The normalized spacial score (nSPS) is 28.0. The summed E-state index contributed by atoms with van der Waals surface area (Å²) in [5.41, 5.74) is 0. The van der Waals surface area contributed by atoms with Crippen LogP contribution >= 0.6 is 0 Å². The highest BCUT2D eigenvalue weighted by Gasteiger charge is 2.41. The third-order valence-electron chi connectivity index (χ3n) is 6.78. The van der Waals surface area contributed by atoms with Crippen LogP contribution in [-0.2, 0) is 9.53 Å². The molecular formula is C21H35N3O3. The summed E-state index contributed by atoms with van der Waals surface area (Å²) in [6.07, 6.45) is 11.9. The maximum Gasteiger partial charge on any atom is 0.317 e. The van der Waals surface area contributed by atoms with Crippen LogP contribution in [0.15, 0.2) is 0 Å². The van der Waals surface area contributed by atoms with Crippen molar-refractivity contribution in [1.82, 2.24) is 15.1 Å². The van der Waals surface area contributed by atoms with Gasteiger partial charge in [-0.3, -0.25) is 4.79 Å². The quantitative estimate of drug-likeness (QED) is 0.819. The molecule has 0 aromatic rings. The molecule has 4 fully saturated rings. The molecule has 4 rings (SSSR count). The third kappa shape index (κ3) is 4.76. The third-order valence-corrected chi connectivity index (χ3v) is 6.78. The molecule has 6 heteroatoms. The fourth-order valence-electron chi connectivity index (χ4n) is 5.04. The number of ether oxygens (including phenoxy) is 1. The van der Waals surface area contributed by atoms with Crippen LogP contribution in [0.2, 0.25) is 0 Å². The van der Waals surface area contributed by atoms with E-state index in [4.69, 9.17) is 4.74 Å². The number of amides is 3. The van der Waals surface area contributed by atoms with E-state index in [1.807, 2.05) is 4.90 Å². The van der Waals surface area contributed by atoms with Gasteiger partial charge in [0.25, 0.3) is 0 Å². The molecule has 0 spiro atoms. The first-order valence-electron chi connectivity index (χ1n) is 11.2. The van der Waals surface area contributed by atoms with Crippen LogP contribution in [0.25, 0.3) is 0 Å². The highest BCUT2D eigenvalue weighted by Crippen LogP contribution is 2.35. The molecule has 2 saturated heterocycles. The Morgan fingerprint density at radius 2 is 1.59 bits per heavy atom. The van der Waals surface area contributed by atoms with Crippen molar-refractivity contribution >= 4 is 11.9 Å². The van der Waals surface area contributed by atoms with E-state index in [2.05, 4.69) is 10.2 Å². The number of rotatable bonds is 4. The van der Waals surface area contributed by atoms with E-state index in [9.17, 15) is 9.59 Å². The lowest BCUT2D eigenvalue weighted by Gasteiger charge is -2.44. The summed E-state index contributed by atoms with van der Waals surface area (Å²) in [7, 11) is 0. The van der Waals surface area contributed by atoms with Gasteiger partial charge >= 0.3 is 6.03 Å². The maximum absolute atomic E-state index is 13.1. The van der Waals surface area contributed by atoms with E-state index in [-0.39, 0.29) is 18.0 Å². The molecule has 152 valence electrons. The van der Waals surface area contributed by atoms with Crippen LogP contribution < -0.4 is 5.32 Å². The fraction of sp³-hybridized carbons (Fsp3) is 0.905. The number of piperidine rings is 1. The molecule has 1 unspecified atom stereocenters. The van der Waals surface area contributed by atoms with Gasteiger partial charge in [0.1, 0.15) is 0 Å². The molecular weight excluding hydrogens is 342 g/mol. The number of hydrogen-bond acceptors (Lipinski definition) is 3. The zero-order chi connectivity index (χ0) is 18.6. The Morgan fingerprint density at radius 3 is 2.30 bits per heavy atom. The topological polar surface area (TPSA) is 61.9 Å². The number of nitrogens with one attached hydrogen (secondary N) is 1. The molecule has 6 nitrogen and oxygen atoms in total. The van der Waals surface area contributed by atoms with Crippen molar-refractivity contribution in [3.05, 3.63) is 0 Å². The van der Waals surface area contributed by atoms with Gasteiger partial charge in [0, 0.05) is 50.3 Å². The summed E-state index contributed by atoms with van der Waals surface area (Å²) >= 11 is 0. The lowest BCUT2D eigenvalue weighted by atomic mass is 9.95. The van der Waals surface area contributed by atoms with Gasteiger partial charge in [-0.05, 0) is 51.4 Å². The van der Waals surface area contributed by atoms with E-state index in [0.717, 1.165) is 71.1 Å². The number of hydrogen-bond donors (Lipinski definition) is 1. The van der Waals surface area contributed by atoms with Gasteiger partial charge in [0.2, 0.25) is 5.91 Å². The fourth-order valence-corrected chi connectivity index (χ4v) is 5.04. The van der Waals surface area contributed by atoms with E-state index >= 15 is 0 Å². The minimum absolute atomic E-state index is 0.0809. The lowest BCUT2D eigenvalue weighted by Crippen LogP contribution is -2.58. The van der Waals surface area contributed by atoms with Crippen LogP contribution in [0.3, 0.4) is 0 Å². The van der Waals surface area contributed by atoms with Crippen molar-refractivity contribution in [1.29, 1.82) is 0 Å². The Bertz CT molecular complexity index is 525. The summed E-state index contributed by atoms with van der Waals surface area (Å²) in [5, 5.41) is 3.26. The monoisotopic (exact) mass is 377 g/mol. The van der Waals surface area contributed by atoms with Gasteiger partial charge in [-0.1, -0.05) is 19.3 Å². The Hall–Kier alpha value is -1.30. The number of likely N-dealkylation sites (tertiary alicyclic amines) is 1. The molecule has 2 saturated carbocycles. The molecule has 4 aliphatic rings. The Labute approximate surface area is 163 Å². The standard InChI is InChI=1S/C21H35N3O3/c25-20(16-8-9-16)24(18-10-13-27-14-11-18)19-7-4-12-23(15-19)21(26)22-17-5-2-1-3-6-17/h16-19H,1-15H2,(H,22,26). The first kappa shape index (κ1) is 19.0. The summed E-state index contributed by atoms with van der Waals surface area (Å²) in [4.78, 5) is 30.0. The molecule has 2 aliphatic carbocycles. The number of carbonyl (C=O) groups excluding carboxylic acids is 2. The van der Waals surface area contributed by atoms with Crippen LogP contribution in [0.5, 0.6) is 0 Å². The van der Waals surface area contributed by atoms with Gasteiger partial charge in [-0.15, -0.1) is 0 Å². The second-order valence-corrected chi connectivity index (χ2v) is 8.89. The van der Waals surface area contributed by atoms with E-state index in [0.29, 0.717) is 24.5 Å². The largest absolute Gasteiger partial charge is 0.381 e. The second kappa shape index (κ2) is 8.80. The lowest BCUT2D eigenvalue weighted by molar-refractivity contribution is -0.141. The minimum atomic E-state index is 0.0809. The summed E-state index contributed by atoms with van der Waals surface area (Å²) in [6.45, 7) is 3.00. The highest BCUT2D eigenvalue weighted by molar-refractivity contribution is 5.82. The molecule has 2 aliphatic heterocycles. The Balaban J connectivity index is 1.39. The molecule has 27 heavy (non-hydrogen) atoms. The smallest absolute Gasteiger partial charge is 0.317 e. The van der Waals surface area contributed by atoms with E-state index < -0.39 is 0 Å². The average Bonchev–Trinajstić information content (AvgIpc) is 3.55. The van der Waals surface area contributed by atoms with Crippen molar-refractivity contribution in [2.45, 2.75) is 88.8 Å². The summed E-state index contributed by atoms with van der Waals surface area (Å²) < 4.78 is 5.52. The Morgan fingerprint density at radius 1 is 0.852 bits per heavy atom. The number of carbonyl (C=O) groups is 2. The van der Waals surface area contributed by atoms with Gasteiger partial charge in [-0.2, -0.15) is 0 Å². The van der Waals surface area contributed by atoms with Gasteiger partial charge in [0.15, 0.2) is 0 Å². The average molecular weight is 378 g/mol. The highest BCUT2D eigenvalue weighted by atomic mass is 16.5. The van der Waals surface area contributed by atoms with Crippen LogP contribution in [0.4, 0.5) is 4.79 Å². The van der Waals surface area contributed by atoms with E-state index in [1.54, 1.807) is 0 Å². The molecule has 0 bridgehead atoms. The molecule has 0 aromatic carbocycles. The summed E-state index contributed by atoms with van der Waals surface area (Å²) in [6, 6.07) is 0.883. The molecule has 0 radical (unpaired) electrons. The van der Waals surface area contributed by atoms with Crippen LogP contribution in [0.1, 0.15) is 70.6 Å². The predicted octanol–water partition coefficient (Wildman–Crippen LogP) is 2.91. The van der Waals surface area contributed by atoms with Gasteiger partial charge in [0.05, 0.1) is 0 Å². The SMILES string of the molecule is O=C(NC1CCCCC1)N1CCCC(N(C(=O)C2CC2)C2CCOCC2)C1. The Kier molecular flexibility index (Phi) is 6.21. The number of urea groups is 1. The second-order valence-electron chi connectivity index (χ2n) is 8.89. The van der Waals surface area contributed by atoms with Gasteiger partial charge < -0.3 is 19.9 Å². The number of nitrogens with zero attached hydrogens (tertiary/aromatic N) is 2. The molecule has 2 heterocycles. The van der Waals surface area contributed by atoms with Crippen LogP contribution in [0, 0.1) is 5.92 Å². The summed E-state index contributed by atoms with van der Waals surface area (Å²) in [5.74, 6) is 0.570.